The van der Waals surface area contributed by atoms with Crippen molar-refractivity contribution in [3.05, 3.63) is 30.1 Å². The van der Waals surface area contributed by atoms with Gasteiger partial charge in [-0.05, 0) is 31.5 Å². The summed E-state index contributed by atoms with van der Waals surface area (Å²) in [6, 6.07) is 4.32. The largest absolute Gasteiger partial charge is 0.354 e. The van der Waals surface area contributed by atoms with Gasteiger partial charge in [0.25, 0.3) is 0 Å². The molecule has 0 aliphatic rings. The SMILES string of the molecule is CCCNC(=O)[C@H](C)NC(=O)Nc1cccc(F)c1. The predicted octanol–water partition coefficient (Wildman–Crippen LogP) is 1.86. The van der Waals surface area contributed by atoms with E-state index in [-0.39, 0.29) is 5.91 Å². The summed E-state index contributed by atoms with van der Waals surface area (Å²) < 4.78 is 12.9. The van der Waals surface area contributed by atoms with Crippen LogP contribution in [0.4, 0.5) is 14.9 Å². The molecule has 1 aromatic rings. The van der Waals surface area contributed by atoms with Crippen LogP contribution in [0.15, 0.2) is 24.3 Å². The van der Waals surface area contributed by atoms with Gasteiger partial charge in [0.1, 0.15) is 11.9 Å². The van der Waals surface area contributed by atoms with Crippen LogP contribution in [-0.4, -0.2) is 24.5 Å². The Bertz CT molecular complexity index is 451. The summed E-state index contributed by atoms with van der Waals surface area (Å²) in [7, 11) is 0. The lowest BCUT2D eigenvalue weighted by Crippen LogP contribution is -2.46. The lowest BCUT2D eigenvalue weighted by molar-refractivity contribution is -0.122. The topological polar surface area (TPSA) is 70.2 Å². The molecular formula is C13H18FN3O2. The normalized spacial score (nSPS) is 11.5. The molecule has 0 radical (unpaired) electrons. The van der Waals surface area contributed by atoms with Gasteiger partial charge in [-0.1, -0.05) is 13.0 Å². The Balaban J connectivity index is 2.44. The van der Waals surface area contributed by atoms with E-state index in [2.05, 4.69) is 16.0 Å². The first-order valence-corrected chi connectivity index (χ1v) is 6.13. The average molecular weight is 267 g/mol. The van der Waals surface area contributed by atoms with Crippen LogP contribution < -0.4 is 16.0 Å². The van der Waals surface area contributed by atoms with Crippen molar-refractivity contribution in [2.75, 3.05) is 11.9 Å². The van der Waals surface area contributed by atoms with Crippen LogP contribution in [-0.2, 0) is 4.79 Å². The molecule has 0 heterocycles. The molecule has 3 N–H and O–H groups in total. The molecule has 1 aromatic carbocycles. The second kappa shape index (κ2) is 7.35. The Morgan fingerprint density at radius 1 is 1.37 bits per heavy atom. The molecule has 1 atom stereocenters. The fourth-order valence-corrected chi connectivity index (χ4v) is 1.40. The van der Waals surface area contributed by atoms with Gasteiger partial charge >= 0.3 is 6.03 Å². The molecule has 6 heteroatoms. The van der Waals surface area contributed by atoms with Crippen molar-refractivity contribution < 1.29 is 14.0 Å². The Morgan fingerprint density at radius 3 is 2.74 bits per heavy atom. The van der Waals surface area contributed by atoms with Gasteiger partial charge in [-0.3, -0.25) is 4.79 Å². The number of anilines is 1. The highest BCUT2D eigenvalue weighted by atomic mass is 19.1. The monoisotopic (exact) mass is 267 g/mol. The van der Waals surface area contributed by atoms with Gasteiger partial charge < -0.3 is 16.0 Å². The highest BCUT2D eigenvalue weighted by molar-refractivity contribution is 5.93. The summed E-state index contributed by atoms with van der Waals surface area (Å²) in [5.41, 5.74) is 0.332. The van der Waals surface area contributed by atoms with Gasteiger partial charge in [-0.15, -0.1) is 0 Å². The number of amides is 3. The summed E-state index contributed by atoms with van der Waals surface area (Å²) in [6.45, 7) is 4.08. The first-order chi connectivity index (χ1) is 9.02. The summed E-state index contributed by atoms with van der Waals surface area (Å²) in [5, 5.41) is 7.60. The molecule has 0 spiro atoms. The van der Waals surface area contributed by atoms with E-state index in [1.165, 1.54) is 18.2 Å². The van der Waals surface area contributed by atoms with Gasteiger partial charge in [0, 0.05) is 12.2 Å². The van der Waals surface area contributed by atoms with Crippen molar-refractivity contribution in [2.45, 2.75) is 26.3 Å². The van der Waals surface area contributed by atoms with E-state index in [1.807, 2.05) is 6.92 Å². The molecule has 0 unspecified atom stereocenters. The van der Waals surface area contributed by atoms with E-state index in [9.17, 15) is 14.0 Å². The molecule has 0 saturated heterocycles. The van der Waals surface area contributed by atoms with Crippen LogP contribution in [0.3, 0.4) is 0 Å². The highest BCUT2D eigenvalue weighted by Crippen LogP contribution is 2.08. The summed E-state index contributed by atoms with van der Waals surface area (Å²) >= 11 is 0. The third-order valence-electron chi connectivity index (χ3n) is 2.37. The van der Waals surface area contributed by atoms with Gasteiger partial charge in [0.05, 0.1) is 0 Å². The van der Waals surface area contributed by atoms with Crippen molar-refractivity contribution in [3.63, 3.8) is 0 Å². The zero-order chi connectivity index (χ0) is 14.3. The van der Waals surface area contributed by atoms with Gasteiger partial charge in [-0.2, -0.15) is 0 Å². The van der Waals surface area contributed by atoms with E-state index in [0.29, 0.717) is 12.2 Å². The zero-order valence-electron chi connectivity index (χ0n) is 11.0. The van der Waals surface area contributed by atoms with E-state index >= 15 is 0 Å². The fraction of sp³-hybridized carbons (Fsp3) is 0.385. The third-order valence-corrected chi connectivity index (χ3v) is 2.37. The molecule has 0 bridgehead atoms. The smallest absolute Gasteiger partial charge is 0.319 e. The van der Waals surface area contributed by atoms with E-state index in [4.69, 9.17) is 0 Å². The van der Waals surface area contributed by atoms with Gasteiger partial charge in [-0.25, -0.2) is 9.18 Å². The molecule has 0 aliphatic heterocycles. The van der Waals surface area contributed by atoms with Gasteiger partial charge in [0.15, 0.2) is 0 Å². The first kappa shape index (κ1) is 14.9. The standard InChI is InChI=1S/C13H18FN3O2/c1-3-7-15-12(18)9(2)16-13(19)17-11-6-4-5-10(14)8-11/h4-6,8-9H,3,7H2,1-2H3,(H,15,18)(H2,16,17,19)/t9-/m0/s1. The number of benzene rings is 1. The minimum absolute atomic E-state index is 0.253. The Hall–Kier alpha value is -2.11. The average Bonchev–Trinajstić information content (AvgIpc) is 2.35. The fourth-order valence-electron chi connectivity index (χ4n) is 1.40. The summed E-state index contributed by atoms with van der Waals surface area (Å²) in [4.78, 5) is 23.1. The molecule has 0 aromatic heterocycles. The minimum Gasteiger partial charge on any atom is -0.354 e. The number of carbonyl (C=O) groups excluding carboxylic acids is 2. The van der Waals surface area contributed by atoms with Crippen LogP contribution in [0, 0.1) is 5.82 Å². The van der Waals surface area contributed by atoms with E-state index in [1.54, 1.807) is 13.0 Å². The van der Waals surface area contributed by atoms with Crippen molar-refractivity contribution >= 4 is 17.6 Å². The molecule has 19 heavy (non-hydrogen) atoms. The lowest BCUT2D eigenvalue weighted by atomic mass is 10.3. The van der Waals surface area contributed by atoms with Crippen LogP contribution in [0.5, 0.6) is 0 Å². The second-order valence-electron chi connectivity index (χ2n) is 4.12. The minimum atomic E-state index is -0.653. The van der Waals surface area contributed by atoms with Crippen LogP contribution in [0.25, 0.3) is 0 Å². The predicted molar refractivity (Wildman–Crippen MR) is 71.3 cm³/mol. The number of hydrogen-bond donors (Lipinski definition) is 3. The summed E-state index contributed by atoms with van der Waals surface area (Å²) in [6.07, 6.45) is 0.827. The second-order valence-corrected chi connectivity index (χ2v) is 4.12. The number of rotatable bonds is 5. The number of hydrogen-bond acceptors (Lipinski definition) is 2. The Labute approximate surface area is 111 Å². The molecule has 1 rings (SSSR count). The number of carbonyl (C=O) groups is 2. The lowest BCUT2D eigenvalue weighted by Gasteiger charge is -2.14. The van der Waals surface area contributed by atoms with Crippen LogP contribution in [0.1, 0.15) is 20.3 Å². The van der Waals surface area contributed by atoms with Crippen molar-refractivity contribution in [3.8, 4) is 0 Å². The molecule has 0 aliphatic carbocycles. The van der Waals surface area contributed by atoms with Crippen molar-refractivity contribution in [1.29, 1.82) is 0 Å². The zero-order valence-corrected chi connectivity index (χ0v) is 11.0. The summed E-state index contributed by atoms with van der Waals surface area (Å²) in [5.74, 6) is -0.692. The Morgan fingerprint density at radius 2 is 2.11 bits per heavy atom. The number of urea groups is 1. The first-order valence-electron chi connectivity index (χ1n) is 6.13. The molecule has 104 valence electrons. The number of nitrogens with one attached hydrogen (secondary N) is 3. The maximum atomic E-state index is 12.9. The third kappa shape index (κ3) is 5.37. The number of halogens is 1. The van der Waals surface area contributed by atoms with Gasteiger partial charge in [0.2, 0.25) is 5.91 Å². The molecule has 0 saturated carbocycles. The van der Waals surface area contributed by atoms with Crippen LogP contribution >= 0.6 is 0 Å². The quantitative estimate of drug-likeness (QED) is 0.762. The maximum Gasteiger partial charge on any atom is 0.319 e. The van der Waals surface area contributed by atoms with E-state index in [0.717, 1.165) is 6.42 Å². The van der Waals surface area contributed by atoms with Crippen LogP contribution in [0.2, 0.25) is 0 Å². The molecule has 3 amide bonds. The van der Waals surface area contributed by atoms with Crippen molar-refractivity contribution in [1.82, 2.24) is 10.6 Å². The van der Waals surface area contributed by atoms with Crippen molar-refractivity contribution in [2.24, 2.45) is 0 Å². The Kier molecular flexibility index (Phi) is 5.78. The molecular weight excluding hydrogens is 249 g/mol. The molecule has 5 nitrogen and oxygen atoms in total. The van der Waals surface area contributed by atoms with E-state index < -0.39 is 17.9 Å². The molecule has 0 fully saturated rings. The highest BCUT2D eigenvalue weighted by Gasteiger charge is 2.14. The maximum absolute atomic E-state index is 12.9.